The van der Waals surface area contributed by atoms with Crippen LogP contribution >= 0.6 is 0 Å². The molecule has 0 spiro atoms. The first kappa shape index (κ1) is 17.2. The number of aromatic nitrogens is 1. The Morgan fingerprint density at radius 2 is 2.04 bits per heavy atom. The molecule has 1 aromatic rings. The van der Waals surface area contributed by atoms with Gasteiger partial charge < -0.3 is 10.1 Å². The second-order valence-electron chi connectivity index (χ2n) is 7.08. The molecule has 0 bridgehead atoms. The highest BCUT2D eigenvalue weighted by atomic mass is 16.5. The Bertz CT molecular complexity index is 654. The third kappa shape index (κ3) is 3.02. The summed E-state index contributed by atoms with van der Waals surface area (Å²) in [5, 5.41) is 8.23. The molecule has 5 nitrogen and oxygen atoms in total. The lowest BCUT2D eigenvalue weighted by molar-refractivity contribution is 0.0524. The van der Waals surface area contributed by atoms with E-state index in [0.717, 1.165) is 48.5 Å². The lowest BCUT2D eigenvalue weighted by atomic mass is 9.83. The molecule has 0 amide bonds. The first-order valence-corrected chi connectivity index (χ1v) is 9.20. The normalized spacial score (nSPS) is 19.6. The number of rotatable bonds is 4. The van der Waals surface area contributed by atoms with Crippen molar-refractivity contribution in [1.82, 2.24) is 9.99 Å². The summed E-state index contributed by atoms with van der Waals surface area (Å²) in [5.41, 5.74) is 5.19. The van der Waals surface area contributed by atoms with Gasteiger partial charge in [-0.05, 0) is 71.0 Å². The molecule has 0 aromatic carbocycles. The van der Waals surface area contributed by atoms with Gasteiger partial charge in [-0.15, -0.1) is 0 Å². The van der Waals surface area contributed by atoms with Crippen LogP contribution in [0.25, 0.3) is 0 Å². The summed E-state index contributed by atoms with van der Waals surface area (Å²) >= 11 is 0. The fraction of sp³-hybridized carbons (Fsp3) is 0.684. The molecule has 3 rings (SSSR count). The number of carbonyl (C=O) groups excluding carboxylic acids is 1. The highest BCUT2D eigenvalue weighted by Gasteiger charge is 2.33. The highest BCUT2D eigenvalue weighted by Crippen LogP contribution is 2.38. The minimum Gasteiger partial charge on any atom is -0.462 e. The smallest absolute Gasteiger partial charge is 0.340 e. The zero-order valence-electron chi connectivity index (χ0n) is 15.3. The van der Waals surface area contributed by atoms with E-state index in [1.807, 2.05) is 6.92 Å². The number of hydrogen-bond acceptors (Lipinski definition) is 4. The highest BCUT2D eigenvalue weighted by molar-refractivity contribution is 5.94. The van der Waals surface area contributed by atoms with Crippen LogP contribution in [0.1, 0.15) is 73.3 Å². The first-order valence-electron chi connectivity index (χ1n) is 9.20. The third-order valence-corrected chi connectivity index (χ3v) is 5.53. The van der Waals surface area contributed by atoms with Crippen LogP contribution < -0.4 is 5.32 Å². The molecule has 1 fully saturated rings. The van der Waals surface area contributed by atoms with Crippen LogP contribution in [-0.4, -0.2) is 36.1 Å². The average molecular weight is 331 g/mol. The van der Waals surface area contributed by atoms with Gasteiger partial charge in [-0.3, -0.25) is 0 Å². The number of hydrogen-bond donors (Lipinski definition) is 1. The van der Waals surface area contributed by atoms with Crippen molar-refractivity contribution in [2.75, 3.05) is 19.7 Å². The third-order valence-electron chi connectivity index (χ3n) is 5.53. The van der Waals surface area contributed by atoms with E-state index in [2.05, 4.69) is 30.8 Å². The minimum absolute atomic E-state index is 0.197. The maximum Gasteiger partial charge on any atom is 0.340 e. The molecular formula is C19H29N3O2. The van der Waals surface area contributed by atoms with Gasteiger partial charge in [-0.1, -0.05) is 6.92 Å². The Morgan fingerprint density at radius 1 is 1.33 bits per heavy atom. The number of nitrogens with zero attached hydrogens (tertiary/aromatic N) is 2. The zero-order valence-corrected chi connectivity index (χ0v) is 15.3. The van der Waals surface area contributed by atoms with Crippen molar-refractivity contribution < 1.29 is 9.53 Å². The molecule has 1 unspecified atom stereocenters. The Morgan fingerprint density at radius 3 is 2.71 bits per heavy atom. The van der Waals surface area contributed by atoms with E-state index < -0.39 is 0 Å². The molecule has 0 aliphatic carbocycles. The van der Waals surface area contributed by atoms with E-state index in [1.54, 1.807) is 0 Å². The van der Waals surface area contributed by atoms with Crippen LogP contribution in [0.15, 0.2) is 5.10 Å². The molecule has 0 radical (unpaired) electrons. The van der Waals surface area contributed by atoms with Gasteiger partial charge in [0.15, 0.2) is 0 Å². The van der Waals surface area contributed by atoms with Gasteiger partial charge in [-0.25, -0.2) is 9.47 Å². The summed E-state index contributed by atoms with van der Waals surface area (Å²) in [6, 6.07) is 0. The molecule has 2 aliphatic rings. The number of nitrogens with one attached hydrogen (secondary N) is 1. The number of piperidine rings is 1. The zero-order chi connectivity index (χ0) is 17.3. The second-order valence-corrected chi connectivity index (χ2v) is 7.08. The molecule has 1 N–H and O–H groups in total. The molecule has 1 atom stereocenters. The fourth-order valence-corrected chi connectivity index (χ4v) is 4.20. The van der Waals surface area contributed by atoms with Crippen molar-refractivity contribution in [2.24, 2.45) is 11.0 Å². The standard InChI is InChI=1S/C19H29N3O2/c1-5-24-19(23)17-14(4)18(13(3)15-8-10-20-11-9-15)22-16(17)7-6-12(2)21-22/h13,15,20H,5-11H2,1-4H3. The van der Waals surface area contributed by atoms with Gasteiger partial charge in [0, 0.05) is 17.3 Å². The van der Waals surface area contributed by atoms with Gasteiger partial charge in [0.2, 0.25) is 0 Å². The molecule has 5 heteroatoms. The van der Waals surface area contributed by atoms with E-state index in [1.165, 1.54) is 18.5 Å². The maximum absolute atomic E-state index is 12.5. The molecular weight excluding hydrogens is 302 g/mol. The predicted octanol–water partition coefficient (Wildman–Crippen LogP) is 3.25. The Labute approximate surface area is 144 Å². The average Bonchev–Trinajstić information content (AvgIpc) is 2.86. The summed E-state index contributed by atoms with van der Waals surface area (Å²) in [7, 11) is 0. The van der Waals surface area contributed by atoms with E-state index in [0.29, 0.717) is 18.4 Å². The summed E-state index contributed by atoms with van der Waals surface area (Å²) in [4.78, 5) is 12.5. The van der Waals surface area contributed by atoms with Gasteiger partial charge in [0.25, 0.3) is 0 Å². The lowest BCUT2D eigenvalue weighted by Gasteiger charge is -2.29. The number of fused-ring (bicyclic) bond motifs is 1. The van der Waals surface area contributed by atoms with Gasteiger partial charge in [0.1, 0.15) is 0 Å². The summed E-state index contributed by atoms with van der Waals surface area (Å²) in [6.45, 7) is 10.8. The Kier molecular flexibility index (Phi) is 5.09. The quantitative estimate of drug-likeness (QED) is 0.862. The van der Waals surface area contributed by atoms with E-state index in [4.69, 9.17) is 9.84 Å². The first-order chi connectivity index (χ1) is 11.5. The van der Waals surface area contributed by atoms with Crippen LogP contribution in [0.2, 0.25) is 0 Å². The van der Waals surface area contributed by atoms with Gasteiger partial charge in [0.05, 0.1) is 17.9 Å². The number of esters is 1. The van der Waals surface area contributed by atoms with Crippen molar-refractivity contribution in [3.05, 3.63) is 22.5 Å². The van der Waals surface area contributed by atoms with Gasteiger partial charge in [-0.2, -0.15) is 5.10 Å². The lowest BCUT2D eigenvalue weighted by Crippen LogP contribution is -2.31. The maximum atomic E-state index is 12.5. The largest absolute Gasteiger partial charge is 0.462 e. The van der Waals surface area contributed by atoms with Crippen molar-refractivity contribution >= 4 is 11.7 Å². The van der Waals surface area contributed by atoms with Crippen LogP contribution in [0, 0.1) is 12.8 Å². The summed E-state index contributed by atoms with van der Waals surface area (Å²) in [5.74, 6) is 0.831. The fourth-order valence-electron chi connectivity index (χ4n) is 4.20. The molecule has 3 heterocycles. The van der Waals surface area contributed by atoms with Crippen LogP contribution in [0.5, 0.6) is 0 Å². The number of carbonyl (C=O) groups is 1. The van der Waals surface area contributed by atoms with Crippen molar-refractivity contribution in [2.45, 2.75) is 59.3 Å². The SMILES string of the molecule is CCOC(=O)c1c(C)c(C(C)C2CCNCC2)n2c1CCC(C)=N2. The van der Waals surface area contributed by atoms with E-state index >= 15 is 0 Å². The van der Waals surface area contributed by atoms with Crippen LogP contribution in [0.3, 0.4) is 0 Å². The second kappa shape index (κ2) is 7.09. The van der Waals surface area contributed by atoms with Crippen LogP contribution in [-0.2, 0) is 11.2 Å². The van der Waals surface area contributed by atoms with Crippen molar-refractivity contribution in [1.29, 1.82) is 0 Å². The number of ether oxygens (including phenoxy) is 1. The molecule has 1 saturated heterocycles. The topological polar surface area (TPSA) is 55.6 Å². The monoisotopic (exact) mass is 331 g/mol. The molecule has 132 valence electrons. The summed E-state index contributed by atoms with van der Waals surface area (Å²) < 4.78 is 7.39. The summed E-state index contributed by atoms with van der Waals surface area (Å²) in [6.07, 6.45) is 4.14. The molecule has 1 aromatic heterocycles. The van der Waals surface area contributed by atoms with Gasteiger partial charge >= 0.3 is 5.97 Å². The van der Waals surface area contributed by atoms with E-state index in [9.17, 15) is 4.79 Å². The predicted molar refractivity (Wildman–Crippen MR) is 96.0 cm³/mol. The van der Waals surface area contributed by atoms with Crippen molar-refractivity contribution in [3.8, 4) is 0 Å². The Balaban J connectivity index is 2.06. The Hall–Kier alpha value is -1.62. The molecule has 2 aliphatic heterocycles. The van der Waals surface area contributed by atoms with Crippen molar-refractivity contribution in [3.63, 3.8) is 0 Å². The minimum atomic E-state index is -0.197. The molecule has 0 saturated carbocycles. The molecule has 24 heavy (non-hydrogen) atoms. The van der Waals surface area contributed by atoms with Crippen LogP contribution in [0.4, 0.5) is 0 Å². The van der Waals surface area contributed by atoms with E-state index in [-0.39, 0.29) is 5.97 Å².